The van der Waals surface area contributed by atoms with Crippen molar-refractivity contribution >= 4 is 11.7 Å². The van der Waals surface area contributed by atoms with Crippen LogP contribution >= 0.6 is 0 Å². The molecule has 5 nitrogen and oxygen atoms in total. The molecule has 0 atom stereocenters. The summed E-state index contributed by atoms with van der Waals surface area (Å²) in [6.45, 7) is 1.78. The Bertz CT molecular complexity index is 727. The number of carboxylic acids is 1. The number of ether oxygens (including phenoxy) is 2. The third-order valence-corrected chi connectivity index (χ3v) is 4.09. The van der Waals surface area contributed by atoms with Crippen molar-refractivity contribution in [1.82, 2.24) is 0 Å². The molecule has 2 aromatic carbocycles. The van der Waals surface area contributed by atoms with Crippen molar-refractivity contribution in [2.45, 2.75) is 25.5 Å². The lowest BCUT2D eigenvalue weighted by molar-refractivity contribution is 0.0257. The van der Waals surface area contributed by atoms with Crippen molar-refractivity contribution in [3.8, 4) is 5.75 Å². The summed E-state index contributed by atoms with van der Waals surface area (Å²) in [5, 5.41) is 12.1. The third kappa shape index (κ3) is 4.70. The van der Waals surface area contributed by atoms with Crippen molar-refractivity contribution in [1.29, 1.82) is 0 Å². The Labute approximate surface area is 145 Å². The molecule has 0 radical (unpaired) electrons. The van der Waals surface area contributed by atoms with Gasteiger partial charge in [-0.15, -0.1) is 0 Å². The number of hydrogen-bond acceptors (Lipinski definition) is 4. The van der Waals surface area contributed by atoms with Crippen LogP contribution in [0.25, 0.3) is 0 Å². The summed E-state index contributed by atoms with van der Waals surface area (Å²) >= 11 is 0. The maximum atomic E-state index is 13.6. The van der Waals surface area contributed by atoms with Crippen LogP contribution in [0.4, 0.5) is 10.1 Å². The highest BCUT2D eigenvalue weighted by Crippen LogP contribution is 2.28. The lowest BCUT2D eigenvalue weighted by Crippen LogP contribution is -2.26. The molecule has 0 amide bonds. The molecule has 0 spiro atoms. The Morgan fingerprint density at radius 3 is 2.60 bits per heavy atom. The van der Waals surface area contributed by atoms with Crippen LogP contribution in [0.2, 0.25) is 0 Å². The molecule has 0 saturated carbocycles. The molecule has 0 unspecified atom stereocenters. The van der Waals surface area contributed by atoms with Crippen LogP contribution in [0.1, 0.15) is 28.8 Å². The van der Waals surface area contributed by atoms with Crippen LogP contribution in [0.3, 0.4) is 0 Å². The zero-order chi connectivity index (χ0) is 17.6. The second-order valence-corrected chi connectivity index (χ2v) is 5.93. The van der Waals surface area contributed by atoms with Gasteiger partial charge in [-0.25, -0.2) is 9.18 Å². The van der Waals surface area contributed by atoms with Gasteiger partial charge in [0.15, 0.2) is 0 Å². The van der Waals surface area contributed by atoms with E-state index in [-0.39, 0.29) is 17.5 Å². The standard InChI is InChI=1S/C19H20FNO4/c20-15-5-6-17(18(11-15)25-16-7-9-24-10-8-16)21-12-13-1-3-14(4-2-13)19(22)23/h1-6,11,16,21H,7-10,12H2,(H,22,23). The smallest absolute Gasteiger partial charge is 0.335 e. The number of anilines is 1. The highest BCUT2D eigenvalue weighted by molar-refractivity contribution is 5.87. The number of aromatic carboxylic acids is 1. The molecule has 1 heterocycles. The summed E-state index contributed by atoms with van der Waals surface area (Å²) in [6.07, 6.45) is 1.59. The average Bonchev–Trinajstić information content (AvgIpc) is 2.62. The summed E-state index contributed by atoms with van der Waals surface area (Å²) in [4.78, 5) is 10.9. The molecule has 6 heteroatoms. The molecule has 3 rings (SSSR count). The van der Waals surface area contributed by atoms with Crippen molar-refractivity contribution in [2.75, 3.05) is 18.5 Å². The predicted octanol–water partition coefficient (Wildman–Crippen LogP) is 3.69. The molecule has 1 aliphatic rings. The van der Waals surface area contributed by atoms with E-state index in [2.05, 4.69) is 5.32 Å². The summed E-state index contributed by atoms with van der Waals surface area (Å²) < 4.78 is 24.9. The molecule has 0 aliphatic carbocycles. The Hall–Kier alpha value is -2.60. The topological polar surface area (TPSA) is 67.8 Å². The molecule has 2 aromatic rings. The van der Waals surface area contributed by atoms with Crippen LogP contribution in [0.15, 0.2) is 42.5 Å². The van der Waals surface area contributed by atoms with Crippen molar-refractivity contribution in [3.63, 3.8) is 0 Å². The van der Waals surface area contributed by atoms with Gasteiger partial charge >= 0.3 is 5.97 Å². The molecule has 2 N–H and O–H groups in total. The Morgan fingerprint density at radius 1 is 1.20 bits per heavy atom. The van der Waals surface area contributed by atoms with E-state index in [0.29, 0.717) is 31.2 Å². The molecule has 0 bridgehead atoms. The number of halogens is 1. The highest BCUT2D eigenvalue weighted by atomic mass is 19.1. The van der Waals surface area contributed by atoms with Gasteiger partial charge in [-0.1, -0.05) is 12.1 Å². The quantitative estimate of drug-likeness (QED) is 0.836. The first-order chi connectivity index (χ1) is 12.1. The number of carboxylic acid groups (broad SMARTS) is 1. The fourth-order valence-electron chi connectivity index (χ4n) is 2.68. The van der Waals surface area contributed by atoms with E-state index in [1.807, 2.05) is 0 Å². The van der Waals surface area contributed by atoms with Gasteiger partial charge in [0.2, 0.25) is 0 Å². The summed E-state index contributed by atoms with van der Waals surface area (Å²) in [6, 6.07) is 11.0. The van der Waals surface area contributed by atoms with Gasteiger partial charge in [0, 0.05) is 25.5 Å². The zero-order valence-electron chi connectivity index (χ0n) is 13.7. The van der Waals surface area contributed by atoms with Crippen LogP contribution in [0.5, 0.6) is 5.75 Å². The van der Waals surface area contributed by atoms with Crippen LogP contribution < -0.4 is 10.1 Å². The SMILES string of the molecule is O=C(O)c1ccc(CNc2ccc(F)cc2OC2CCOCC2)cc1. The van der Waals surface area contributed by atoms with Gasteiger partial charge in [0.25, 0.3) is 0 Å². The molecule has 1 fully saturated rings. The van der Waals surface area contributed by atoms with E-state index in [1.54, 1.807) is 30.3 Å². The first-order valence-electron chi connectivity index (χ1n) is 8.22. The van der Waals surface area contributed by atoms with Crippen LogP contribution in [0, 0.1) is 5.82 Å². The average molecular weight is 345 g/mol. The Morgan fingerprint density at radius 2 is 1.92 bits per heavy atom. The van der Waals surface area contributed by atoms with E-state index >= 15 is 0 Å². The summed E-state index contributed by atoms with van der Waals surface area (Å²) in [7, 11) is 0. The third-order valence-electron chi connectivity index (χ3n) is 4.09. The van der Waals surface area contributed by atoms with E-state index in [1.165, 1.54) is 12.1 Å². The lowest BCUT2D eigenvalue weighted by atomic mass is 10.1. The van der Waals surface area contributed by atoms with E-state index in [9.17, 15) is 9.18 Å². The summed E-state index contributed by atoms with van der Waals surface area (Å²) in [5.74, 6) is -0.822. The monoisotopic (exact) mass is 345 g/mol. The van der Waals surface area contributed by atoms with E-state index < -0.39 is 5.97 Å². The minimum atomic E-state index is -0.954. The molecule has 25 heavy (non-hydrogen) atoms. The Balaban J connectivity index is 1.67. The van der Waals surface area contributed by atoms with Crippen molar-refractivity contribution in [3.05, 3.63) is 59.4 Å². The molecule has 1 saturated heterocycles. The van der Waals surface area contributed by atoms with Gasteiger partial charge in [0.05, 0.1) is 24.5 Å². The predicted molar refractivity (Wildman–Crippen MR) is 91.6 cm³/mol. The summed E-state index contributed by atoms with van der Waals surface area (Å²) in [5.41, 5.74) is 1.87. The number of hydrogen-bond donors (Lipinski definition) is 2. The molecule has 132 valence electrons. The minimum absolute atomic E-state index is 0.0194. The maximum Gasteiger partial charge on any atom is 0.335 e. The second-order valence-electron chi connectivity index (χ2n) is 5.93. The molecule has 1 aliphatic heterocycles. The first-order valence-corrected chi connectivity index (χ1v) is 8.22. The normalized spacial score (nSPS) is 14.9. The molecular formula is C19H20FNO4. The van der Waals surface area contributed by atoms with Crippen molar-refractivity contribution in [2.24, 2.45) is 0 Å². The van der Waals surface area contributed by atoms with Gasteiger partial charge in [-0.05, 0) is 29.8 Å². The Kier molecular flexibility index (Phi) is 5.50. The van der Waals surface area contributed by atoms with Crippen LogP contribution in [-0.4, -0.2) is 30.4 Å². The number of benzene rings is 2. The zero-order valence-corrected chi connectivity index (χ0v) is 13.7. The first kappa shape index (κ1) is 17.2. The fourth-order valence-corrected chi connectivity index (χ4v) is 2.68. The number of carbonyl (C=O) groups is 1. The highest BCUT2D eigenvalue weighted by Gasteiger charge is 2.17. The maximum absolute atomic E-state index is 13.6. The van der Waals surface area contributed by atoms with Gasteiger partial charge < -0.3 is 19.9 Å². The fraction of sp³-hybridized carbons (Fsp3) is 0.316. The van der Waals surface area contributed by atoms with E-state index in [4.69, 9.17) is 14.6 Å². The second kappa shape index (κ2) is 7.98. The molecule has 0 aromatic heterocycles. The largest absolute Gasteiger partial charge is 0.488 e. The minimum Gasteiger partial charge on any atom is -0.488 e. The van der Waals surface area contributed by atoms with Crippen molar-refractivity contribution < 1.29 is 23.8 Å². The van der Waals surface area contributed by atoms with E-state index in [0.717, 1.165) is 18.4 Å². The number of rotatable bonds is 6. The van der Waals surface area contributed by atoms with Gasteiger partial charge in [0.1, 0.15) is 17.7 Å². The lowest BCUT2D eigenvalue weighted by Gasteiger charge is -2.24. The van der Waals surface area contributed by atoms with Gasteiger partial charge in [-0.3, -0.25) is 0 Å². The number of nitrogens with one attached hydrogen (secondary N) is 1. The molecular weight excluding hydrogens is 325 g/mol. The van der Waals surface area contributed by atoms with Crippen LogP contribution in [-0.2, 0) is 11.3 Å². The van der Waals surface area contributed by atoms with Gasteiger partial charge in [-0.2, -0.15) is 0 Å².